The molecule has 0 unspecified atom stereocenters. The molecule has 0 fully saturated rings. The maximum absolute atomic E-state index is 12.6. The molecule has 1 amide bonds. The third-order valence-corrected chi connectivity index (χ3v) is 4.87. The number of carbonyl (C=O) groups is 2. The van der Waals surface area contributed by atoms with Gasteiger partial charge in [0.1, 0.15) is 17.0 Å². The average molecular weight is 440 g/mol. The largest absolute Gasteiger partial charge is 0.482 e. The lowest BCUT2D eigenvalue weighted by molar-refractivity contribution is -0.157. The van der Waals surface area contributed by atoms with Crippen molar-refractivity contribution in [2.45, 2.75) is 26.4 Å². The second kappa shape index (κ2) is 9.26. The Kier molecular flexibility index (Phi) is 6.70. The maximum atomic E-state index is 12.6. The number of nitrogens with one attached hydrogen (secondary N) is 3. The van der Waals surface area contributed by atoms with Crippen molar-refractivity contribution in [1.29, 1.82) is 5.41 Å². The number of amides is 1. The van der Waals surface area contributed by atoms with E-state index >= 15 is 0 Å². The molecule has 0 radical (unpaired) electrons. The zero-order valence-corrected chi connectivity index (χ0v) is 18.7. The number of hydrogen-bond donors (Lipinski definition) is 3. The van der Waals surface area contributed by atoms with E-state index in [-0.39, 0.29) is 12.5 Å². The molecule has 0 aliphatic rings. The molecule has 0 saturated heterocycles. The summed E-state index contributed by atoms with van der Waals surface area (Å²) in [5.41, 5.74) is 2.06. The highest BCUT2D eigenvalue weighted by molar-refractivity contribution is 8.13. The lowest BCUT2D eigenvalue weighted by Gasteiger charge is -2.19. The highest BCUT2D eigenvalue weighted by atomic mass is 32.2. The normalized spacial score (nSPS) is 11.2. The number of carbonyl (C=O) groups excluding carboxylic acids is 2. The van der Waals surface area contributed by atoms with E-state index in [1.807, 2.05) is 24.5 Å². The maximum Gasteiger partial charge on any atom is 0.344 e. The van der Waals surface area contributed by atoms with Crippen LogP contribution in [0.2, 0.25) is 0 Å². The molecule has 0 spiro atoms. The molecule has 1 heterocycles. The number of H-pyrrole nitrogens is 1. The minimum atomic E-state index is -0.560. The van der Waals surface area contributed by atoms with Gasteiger partial charge in [0.2, 0.25) is 0 Å². The third-order valence-electron chi connectivity index (χ3n) is 4.22. The van der Waals surface area contributed by atoms with E-state index in [9.17, 15) is 9.59 Å². The number of ether oxygens (including phenoxy) is 2. The third kappa shape index (κ3) is 6.11. The predicted octanol–water partition coefficient (Wildman–Crippen LogP) is 4.83. The van der Waals surface area contributed by atoms with Crippen LogP contribution in [0.3, 0.4) is 0 Å². The van der Waals surface area contributed by atoms with Crippen molar-refractivity contribution in [3.05, 3.63) is 59.8 Å². The molecule has 2 aromatic carbocycles. The second-order valence-electron chi connectivity index (χ2n) is 7.87. The Bertz CT molecular complexity index is 1110. The molecule has 8 heteroatoms. The first kappa shape index (κ1) is 22.4. The molecule has 31 heavy (non-hydrogen) atoms. The van der Waals surface area contributed by atoms with Gasteiger partial charge >= 0.3 is 5.97 Å². The first-order valence-electron chi connectivity index (χ1n) is 9.66. The Morgan fingerprint density at radius 3 is 2.45 bits per heavy atom. The second-order valence-corrected chi connectivity index (χ2v) is 8.69. The first-order valence-corrected chi connectivity index (χ1v) is 10.9. The minimum absolute atomic E-state index is 0.186. The fourth-order valence-electron chi connectivity index (χ4n) is 2.85. The van der Waals surface area contributed by atoms with Crippen LogP contribution in [0.1, 0.15) is 36.8 Å². The van der Waals surface area contributed by atoms with Gasteiger partial charge in [0.25, 0.3) is 5.91 Å². The fraction of sp³-hybridized carbons (Fsp3) is 0.261. The number of hydrogen-bond acceptors (Lipinski definition) is 6. The topological polar surface area (TPSA) is 104 Å². The monoisotopic (exact) mass is 439 g/mol. The van der Waals surface area contributed by atoms with Gasteiger partial charge in [0, 0.05) is 22.2 Å². The molecular weight excluding hydrogens is 414 g/mol. The lowest BCUT2D eigenvalue weighted by atomic mass is 10.2. The quantitative estimate of drug-likeness (QED) is 0.290. The SMILES string of the molecule is CSC(=N)c1ccc2cc(C(=O)Nc3ccc(OCC(=O)OC(C)(C)C)cc3)[nH]c2c1. The van der Waals surface area contributed by atoms with Gasteiger partial charge in [0.05, 0.1) is 5.04 Å². The van der Waals surface area contributed by atoms with Crippen molar-refractivity contribution in [3.63, 3.8) is 0 Å². The zero-order chi connectivity index (χ0) is 22.6. The van der Waals surface area contributed by atoms with Crippen LogP contribution in [0.4, 0.5) is 5.69 Å². The summed E-state index contributed by atoms with van der Waals surface area (Å²) in [5, 5.41) is 12.1. The van der Waals surface area contributed by atoms with Crippen LogP contribution < -0.4 is 10.1 Å². The predicted molar refractivity (Wildman–Crippen MR) is 124 cm³/mol. The van der Waals surface area contributed by atoms with Gasteiger partial charge in [-0.25, -0.2) is 4.79 Å². The van der Waals surface area contributed by atoms with Crippen LogP contribution in [0.15, 0.2) is 48.5 Å². The summed E-state index contributed by atoms with van der Waals surface area (Å²) in [5.74, 6) is -0.224. The summed E-state index contributed by atoms with van der Waals surface area (Å²) in [7, 11) is 0. The van der Waals surface area contributed by atoms with Gasteiger partial charge in [-0.2, -0.15) is 0 Å². The molecule has 3 aromatic rings. The Hall–Kier alpha value is -3.26. The summed E-state index contributed by atoms with van der Waals surface area (Å²) in [6, 6.07) is 14.1. The summed E-state index contributed by atoms with van der Waals surface area (Å²) < 4.78 is 10.6. The average Bonchev–Trinajstić information content (AvgIpc) is 3.15. The van der Waals surface area contributed by atoms with Crippen LogP contribution in [0, 0.1) is 5.41 Å². The minimum Gasteiger partial charge on any atom is -0.482 e. The highest BCUT2D eigenvalue weighted by Gasteiger charge is 2.16. The molecule has 0 atom stereocenters. The van der Waals surface area contributed by atoms with Crippen LogP contribution in [-0.4, -0.2) is 40.4 Å². The number of aromatic amines is 1. The number of benzene rings is 2. The summed E-state index contributed by atoms with van der Waals surface area (Å²) in [6.07, 6.45) is 1.86. The van der Waals surface area contributed by atoms with Gasteiger partial charge < -0.3 is 19.8 Å². The van der Waals surface area contributed by atoms with E-state index < -0.39 is 11.6 Å². The molecule has 0 saturated carbocycles. The van der Waals surface area contributed by atoms with Gasteiger partial charge in [-0.05, 0) is 63.4 Å². The Morgan fingerprint density at radius 1 is 1.10 bits per heavy atom. The van der Waals surface area contributed by atoms with Crippen LogP contribution in [-0.2, 0) is 9.53 Å². The van der Waals surface area contributed by atoms with Crippen molar-refractivity contribution in [1.82, 2.24) is 4.98 Å². The molecule has 1 aromatic heterocycles. The Labute approximate surface area is 185 Å². The van der Waals surface area contributed by atoms with Crippen LogP contribution in [0.5, 0.6) is 5.75 Å². The number of aromatic nitrogens is 1. The lowest BCUT2D eigenvalue weighted by Crippen LogP contribution is -2.27. The van der Waals surface area contributed by atoms with Crippen molar-refractivity contribution in [3.8, 4) is 5.75 Å². The van der Waals surface area contributed by atoms with Crippen molar-refractivity contribution in [2.24, 2.45) is 0 Å². The fourth-order valence-corrected chi connectivity index (χ4v) is 3.22. The Morgan fingerprint density at radius 2 is 1.81 bits per heavy atom. The van der Waals surface area contributed by atoms with Crippen molar-refractivity contribution < 1.29 is 19.1 Å². The van der Waals surface area contributed by atoms with Gasteiger partial charge in [-0.15, -0.1) is 11.8 Å². The molecule has 7 nitrogen and oxygen atoms in total. The standard InChI is InChI=1S/C23H25N3O4S/c1-23(2,3)30-20(27)13-29-17-9-7-16(8-10-17)25-22(28)19-11-14-5-6-15(21(24)31-4)12-18(14)26-19/h5-12,24,26H,13H2,1-4H3,(H,25,28). The molecule has 0 aliphatic heterocycles. The van der Waals surface area contributed by atoms with E-state index in [1.165, 1.54) is 11.8 Å². The molecule has 0 aliphatic carbocycles. The highest BCUT2D eigenvalue weighted by Crippen LogP contribution is 2.21. The number of anilines is 1. The number of rotatable bonds is 6. The molecular formula is C23H25N3O4S. The van der Waals surface area contributed by atoms with Gasteiger partial charge in [-0.3, -0.25) is 10.2 Å². The summed E-state index contributed by atoms with van der Waals surface area (Å²) >= 11 is 1.36. The van der Waals surface area contributed by atoms with E-state index in [0.29, 0.717) is 22.2 Å². The smallest absolute Gasteiger partial charge is 0.344 e. The number of esters is 1. The Balaban J connectivity index is 1.61. The number of fused-ring (bicyclic) bond motifs is 1. The van der Waals surface area contributed by atoms with Crippen molar-refractivity contribution in [2.75, 3.05) is 18.2 Å². The van der Waals surface area contributed by atoms with E-state index in [0.717, 1.165) is 16.5 Å². The number of thioether (sulfide) groups is 1. The zero-order valence-electron chi connectivity index (χ0n) is 17.9. The van der Waals surface area contributed by atoms with Crippen molar-refractivity contribution >= 4 is 45.3 Å². The first-order chi connectivity index (χ1) is 14.6. The van der Waals surface area contributed by atoms with E-state index in [1.54, 1.807) is 51.1 Å². The van der Waals surface area contributed by atoms with E-state index in [4.69, 9.17) is 14.9 Å². The van der Waals surface area contributed by atoms with Crippen LogP contribution in [0.25, 0.3) is 10.9 Å². The molecule has 0 bridgehead atoms. The summed E-state index contributed by atoms with van der Waals surface area (Å²) in [6.45, 7) is 5.20. The molecule has 3 rings (SSSR count). The molecule has 162 valence electrons. The van der Waals surface area contributed by atoms with Gasteiger partial charge in [0.15, 0.2) is 6.61 Å². The van der Waals surface area contributed by atoms with E-state index in [2.05, 4.69) is 10.3 Å². The summed E-state index contributed by atoms with van der Waals surface area (Å²) in [4.78, 5) is 27.4. The molecule has 3 N–H and O–H groups in total. The van der Waals surface area contributed by atoms with Crippen LogP contribution >= 0.6 is 11.8 Å². The van der Waals surface area contributed by atoms with Gasteiger partial charge in [-0.1, -0.05) is 12.1 Å².